The quantitative estimate of drug-likeness (QED) is 0.521. The van der Waals surface area contributed by atoms with E-state index in [1.54, 1.807) is 11.8 Å². The topological polar surface area (TPSA) is 51.0 Å². The fraction of sp³-hybridized carbons (Fsp3) is 0.105. The molecule has 1 aromatic heterocycles. The van der Waals surface area contributed by atoms with Crippen LogP contribution in [0.5, 0.6) is 0 Å². The summed E-state index contributed by atoms with van der Waals surface area (Å²) in [6, 6.07) is 15.4. The maximum absolute atomic E-state index is 13.2. The summed E-state index contributed by atoms with van der Waals surface area (Å²) >= 11 is 1.60. The van der Waals surface area contributed by atoms with E-state index in [2.05, 4.69) is 15.0 Å². The van der Waals surface area contributed by atoms with Gasteiger partial charge in [-0.2, -0.15) is 5.10 Å². The van der Waals surface area contributed by atoms with E-state index >= 15 is 0 Å². The van der Waals surface area contributed by atoms with Crippen LogP contribution in [-0.2, 0) is 0 Å². The highest BCUT2D eigenvalue weighted by Gasteiger charge is 2.29. The van der Waals surface area contributed by atoms with E-state index in [1.807, 2.05) is 30.3 Å². The fourth-order valence-corrected chi connectivity index (χ4v) is 3.97. The van der Waals surface area contributed by atoms with Crippen molar-refractivity contribution < 1.29 is 9.18 Å². The van der Waals surface area contributed by atoms with Gasteiger partial charge in [0, 0.05) is 23.5 Å². The van der Waals surface area contributed by atoms with Gasteiger partial charge in [0.15, 0.2) is 0 Å². The molecule has 0 radical (unpaired) electrons. The third kappa shape index (κ3) is 3.13. The highest BCUT2D eigenvalue weighted by Crippen LogP contribution is 2.37. The first-order valence-electron chi connectivity index (χ1n) is 8.09. The number of ketones is 1. The third-order valence-corrected chi connectivity index (χ3v) is 5.11. The number of anilines is 1. The highest BCUT2D eigenvalue weighted by molar-refractivity contribution is 8.03. The maximum Gasteiger partial charge on any atom is 0.214 e. The summed E-state index contributed by atoms with van der Waals surface area (Å²) in [7, 11) is 0. The molecule has 7 heteroatoms. The number of hydrogen-bond donors (Lipinski definition) is 0. The number of carbonyl (C=O) groups excluding carboxylic acids is 1. The number of benzene rings is 2. The first-order valence-corrected chi connectivity index (χ1v) is 9.07. The maximum atomic E-state index is 13.2. The zero-order valence-electron chi connectivity index (χ0n) is 13.7. The molecule has 3 aromatic rings. The molecule has 2 heterocycles. The van der Waals surface area contributed by atoms with Crippen LogP contribution in [0.3, 0.4) is 0 Å². The number of nitrogens with zero attached hydrogens (tertiary/aromatic N) is 4. The van der Waals surface area contributed by atoms with Gasteiger partial charge in [-0.05, 0) is 36.4 Å². The first-order chi connectivity index (χ1) is 12.7. The van der Waals surface area contributed by atoms with Crippen LogP contribution in [0, 0.1) is 5.82 Å². The zero-order chi connectivity index (χ0) is 17.9. The molecule has 0 unspecified atom stereocenters. The Bertz CT molecular complexity index is 939. The van der Waals surface area contributed by atoms with Gasteiger partial charge in [0.2, 0.25) is 5.78 Å². The predicted octanol–water partition coefficient (Wildman–Crippen LogP) is 3.68. The van der Waals surface area contributed by atoms with Crippen molar-refractivity contribution in [2.75, 3.05) is 17.2 Å². The summed E-state index contributed by atoms with van der Waals surface area (Å²) in [4.78, 5) is 19.3. The Balaban J connectivity index is 1.84. The number of thioether (sulfide) groups is 1. The van der Waals surface area contributed by atoms with Crippen LogP contribution < -0.4 is 4.90 Å². The fourth-order valence-electron chi connectivity index (χ4n) is 2.82. The summed E-state index contributed by atoms with van der Waals surface area (Å²) in [6.07, 6.45) is 2.90. The Morgan fingerprint density at radius 2 is 1.85 bits per heavy atom. The van der Waals surface area contributed by atoms with Crippen LogP contribution in [-0.4, -0.2) is 32.8 Å². The molecule has 0 saturated carbocycles. The zero-order valence-corrected chi connectivity index (χ0v) is 14.6. The lowest BCUT2D eigenvalue weighted by Crippen LogP contribution is -2.22. The minimum atomic E-state index is -0.377. The Labute approximate surface area is 154 Å². The van der Waals surface area contributed by atoms with Gasteiger partial charge in [-0.1, -0.05) is 18.2 Å². The summed E-state index contributed by atoms with van der Waals surface area (Å²) in [6.45, 7) is 0.791. The molecule has 5 nitrogen and oxygen atoms in total. The molecule has 1 fully saturated rings. The molecule has 0 atom stereocenters. The minimum Gasteiger partial charge on any atom is -0.334 e. The van der Waals surface area contributed by atoms with Gasteiger partial charge >= 0.3 is 0 Å². The molecule has 130 valence electrons. The van der Waals surface area contributed by atoms with Crippen LogP contribution in [0.15, 0.2) is 72.3 Å². The second-order valence-electron chi connectivity index (χ2n) is 5.67. The van der Waals surface area contributed by atoms with Crippen molar-refractivity contribution in [1.29, 1.82) is 0 Å². The van der Waals surface area contributed by atoms with Crippen molar-refractivity contribution in [2.24, 2.45) is 0 Å². The molecule has 0 spiro atoms. The number of halogens is 1. The summed E-state index contributed by atoms with van der Waals surface area (Å²) in [5, 5.41) is 4.98. The average molecular weight is 366 g/mol. The molecule has 26 heavy (non-hydrogen) atoms. The number of aromatic nitrogens is 3. The standard InChI is InChI=1S/C19H15FN4OS/c20-15-8-6-14(7-9-15)18(25)17(24-13-21-12-22-24)19-23(10-11-26-19)16-4-2-1-3-5-16/h1-9,12-13H,10-11H2/b19-17-. The number of Topliss-reactive ketones (excluding diaryl/α,β-unsaturated/α-hetero) is 1. The normalized spacial score (nSPS) is 16.0. The average Bonchev–Trinajstić information content (AvgIpc) is 3.36. The molecule has 1 aliphatic heterocycles. The van der Waals surface area contributed by atoms with Crippen molar-refractivity contribution in [1.82, 2.24) is 14.8 Å². The smallest absolute Gasteiger partial charge is 0.214 e. The molecule has 0 bridgehead atoms. The van der Waals surface area contributed by atoms with E-state index in [4.69, 9.17) is 0 Å². The van der Waals surface area contributed by atoms with Gasteiger partial charge < -0.3 is 4.90 Å². The molecule has 4 rings (SSSR count). The lowest BCUT2D eigenvalue weighted by molar-refractivity contribution is 0.104. The van der Waals surface area contributed by atoms with Crippen LogP contribution in [0.25, 0.3) is 5.70 Å². The van der Waals surface area contributed by atoms with E-state index in [1.165, 1.54) is 41.6 Å². The largest absolute Gasteiger partial charge is 0.334 e. The van der Waals surface area contributed by atoms with Gasteiger partial charge in [0.05, 0.1) is 0 Å². The number of carbonyl (C=O) groups is 1. The minimum absolute atomic E-state index is 0.221. The molecule has 0 amide bonds. The van der Waals surface area contributed by atoms with Crippen molar-refractivity contribution in [3.05, 3.63) is 83.7 Å². The molecular weight excluding hydrogens is 351 g/mol. The van der Waals surface area contributed by atoms with Gasteiger partial charge in [0.1, 0.15) is 29.2 Å². The molecule has 1 saturated heterocycles. The molecule has 1 aliphatic rings. The Morgan fingerprint density at radius 3 is 2.54 bits per heavy atom. The Hall–Kier alpha value is -2.93. The second kappa shape index (κ2) is 7.13. The van der Waals surface area contributed by atoms with Crippen LogP contribution in [0.1, 0.15) is 10.4 Å². The summed E-state index contributed by atoms with van der Waals surface area (Å²) in [5.41, 5.74) is 1.84. The number of allylic oxidation sites excluding steroid dienone is 1. The number of para-hydroxylation sites is 1. The van der Waals surface area contributed by atoms with Crippen molar-refractivity contribution in [3.63, 3.8) is 0 Å². The molecule has 0 aliphatic carbocycles. The highest BCUT2D eigenvalue weighted by atomic mass is 32.2. The third-order valence-electron chi connectivity index (χ3n) is 4.04. The van der Waals surface area contributed by atoms with Crippen LogP contribution >= 0.6 is 11.8 Å². The van der Waals surface area contributed by atoms with Crippen LogP contribution in [0.2, 0.25) is 0 Å². The van der Waals surface area contributed by atoms with Crippen LogP contribution in [0.4, 0.5) is 10.1 Å². The Morgan fingerprint density at radius 1 is 1.08 bits per heavy atom. The lowest BCUT2D eigenvalue weighted by atomic mass is 10.1. The summed E-state index contributed by atoms with van der Waals surface area (Å²) < 4.78 is 14.7. The van der Waals surface area contributed by atoms with Gasteiger partial charge in [-0.15, -0.1) is 11.8 Å². The first kappa shape index (κ1) is 16.5. The van der Waals surface area contributed by atoms with Crippen molar-refractivity contribution >= 4 is 28.9 Å². The van der Waals surface area contributed by atoms with E-state index in [-0.39, 0.29) is 11.6 Å². The Kier molecular flexibility index (Phi) is 4.53. The van der Waals surface area contributed by atoms with Gasteiger partial charge in [-0.25, -0.2) is 14.1 Å². The number of hydrogen-bond acceptors (Lipinski definition) is 5. The number of rotatable bonds is 4. The predicted molar refractivity (Wildman–Crippen MR) is 100 cm³/mol. The van der Waals surface area contributed by atoms with Crippen molar-refractivity contribution in [2.45, 2.75) is 0 Å². The molecule has 0 N–H and O–H groups in total. The summed E-state index contributed by atoms with van der Waals surface area (Å²) in [5.74, 6) is 0.262. The van der Waals surface area contributed by atoms with E-state index in [0.29, 0.717) is 11.3 Å². The molecular formula is C19H15FN4OS. The van der Waals surface area contributed by atoms with E-state index < -0.39 is 0 Å². The molecule has 2 aromatic carbocycles. The van der Waals surface area contributed by atoms with Gasteiger partial charge in [-0.3, -0.25) is 4.79 Å². The van der Waals surface area contributed by atoms with E-state index in [0.717, 1.165) is 23.0 Å². The van der Waals surface area contributed by atoms with Crippen molar-refractivity contribution in [3.8, 4) is 0 Å². The monoisotopic (exact) mass is 366 g/mol. The SMILES string of the molecule is O=C(/C(=C1/SCCN1c1ccccc1)n1cncn1)c1ccc(F)cc1. The van der Waals surface area contributed by atoms with Gasteiger partial charge in [0.25, 0.3) is 0 Å². The van der Waals surface area contributed by atoms with E-state index in [9.17, 15) is 9.18 Å². The second-order valence-corrected chi connectivity index (χ2v) is 6.75. The lowest BCUT2D eigenvalue weighted by Gasteiger charge is -2.21.